The first-order chi connectivity index (χ1) is 9.42. The summed E-state index contributed by atoms with van der Waals surface area (Å²) >= 11 is 0. The van der Waals surface area contributed by atoms with Crippen LogP contribution < -0.4 is 0 Å². The predicted molar refractivity (Wildman–Crippen MR) is 78.8 cm³/mol. The van der Waals surface area contributed by atoms with Gasteiger partial charge in [0.25, 0.3) is 0 Å². The van der Waals surface area contributed by atoms with Crippen LogP contribution in [0.2, 0.25) is 0 Å². The van der Waals surface area contributed by atoms with Gasteiger partial charge in [-0.05, 0) is 17.4 Å². The van der Waals surface area contributed by atoms with Gasteiger partial charge in [0.05, 0.1) is 25.2 Å². The van der Waals surface area contributed by atoms with Gasteiger partial charge in [-0.25, -0.2) is 0 Å². The van der Waals surface area contributed by atoms with Gasteiger partial charge in [0.1, 0.15) is 6.92 Å². The lowest BCUT2D eigenvalue weighted by Gasteiger charge is -2.43. The lowest BCUT2D eigenvalue weighted by molar-refractivity contribution is -0.288. The smallest absolute Gasteiger partial charge is 0.315 e. The van der Waals surface area contributed by atoms with Crippen molar-refractivity contribution in [3.8, 4) is 0 Å². The van der Waals surface area contributed by atoms with Gasteiger partial charge in [-0.1, -0.05) is 51.1 Å². The third-order valence-corrected chi connectivity index (χ3v) is 4.67. The molecule has 110 valence electrons. The highest BCUT2D eigenvalue weighted by Gasteiger charge is 2.50. The van der Waals surface area contributed by atoms with Gasteiger partial charge in [0, 0.05) is 0 Å². The zero-order valence-electron chi connectivity index (χ0n) is 12.6. The first kappa shape index (κ1) is 15.4. The molecule has 1 aromatic carbocycles. The molecule has 3 heteroatoms. The van der Waals surface area contributed by atoms with Crippen molar-refractivity contribution in [3.05, 3.63) is 42.8 Å². The molecule has 1 aliphatic heterocycles. The van der Waals surface area contributed by atoms with Crippen molar-refractivity contribution < 1.29 is 14.6 Å². The maximum Gasteiger partial charge on any atom is 0.315 e. The standard InChI is InChI=1S/C17H25O3/c1-12-13(2)16(20-17(4,18)14(12)3)11-19-10-15-8-6-5-7-9-15/h5-9,12-14,16,18H,4,10-11H2,1-3H3/q+1/t12-,13-,14?,16?,17-/m0/s1. The topological polar surface area (TPSA) is 38.7 Å². The third-order valence-electron chi connectivity index (χ3n) is 4.67. The van der Waals surface area contributed by atoms with E-state index in [0.29, 0.717) is 25.0 Å². The number of hydrogen-bond donors (Lipinski definition) is 1. The summed E-state index contributed by atoms with van der Waals surface area (Å²) in [5, 5.41) is 10.2. The molecule has 1 aromatic rings. The Morgan fingerprint density at radius 1 is 1.20 bits per heavy atom. The van der Waals surface area contributed by atoms with Gasteiger partial charge in [0.15, 0.2) is 0 Å². The molecular formula is C17H25O3+. The van der Waals surface area contributed by atoms with Gasteiger partial charge in [0.2, 0.25) is 0 Å². The molecule has 20 heavy (non-hydrogen) atoms. The first-order valence-corrected chi connectivity index (χ1v) is 7.29. The van der Waals surface area contributed by atoms with Crippen LogP contribution in [-0.4, -0.2) is 23.6 Å². The van der Waals surface area contributed by atoms with Gasteiger partial charge >= 0.3 is 5.79 Å². The summed E-state index contributed by atoms with van der Waals surface area (Å²) in [7, 11) is 0. The van der Waals surface area contributed by atoms with E-state index in [4.69, 9.17) is 9.47 Å². The highest BCUT2D eigenvalue weighted by atomic mass is 16.6. The number of ether oxygens (including phenoxy) is 2. The molecule has 1 aliphatic rings. The fraction of sp³-hybridized carbons (Fsp3) is 0.588. The molecular weight excluding hydrogens is 252 g/mol. The SMILES string of the molecule is [CH2+][C@]1(O)OC(COCc2ccccc2)[C@@H](C)[C@H](C)C1C. The highest BCUT2D eigenvalue weighted by molar-refractivity contribution is 5.13. The van der Waals surface area contributed by atoms with Crippen molar-refractivity contribution in [3.63, 3.8) is 0 Å². The monoisotopic (exact) mass is 277 g/mol. The van der Waals surface area contributed by atoms with Gasteiger partial charge in [-0.15, -0.1) is 0 Å². The quantitative estimate of drug-likeness (QED) is 0.860. The Kier molecular flexibility index (Phi) is 4.74. The molecule has 3 nitrogen and oxygen atoms in total. The minimum Gasteiger partial charge on any atom is -0.374 e. The van der Waals surface area contributed by atoms with Crippen molar-refractivity contribution in [2.24, 2.45) is 17.8 Å². The van der Waals surface area contributed by atoms with Crippen LogP contribution in [0.15, 0.2) is 30.3 Å². The van der Waals surface area contributed by atoms with Crippen LogP contribution in [0.4, 0.5) is 0 Å². The van der Waals surface area contributed by atoms with Crippen LogP contribution in [0.1, 0.15) is 26.3 Å². The van der Waals surface area contributed by atoms with Gasteiger partial charge < -0.3 is 14.6 Å². The van der Waals surface area contributed by atoms with E-state index in [1.807, 2.05) is 37.3 Å². The van der Waals surface area contributed by atoms with Crippen LogP contribution in [0.3, 0.4) is 0 Å². The molecule has 1 heterocycles. The molecule has 0 saturated carbocycles. The molecule has 0 spiro atoms. The van der Waals surface area contributed by atoms with Crippen molar-refractivity contribution in [1.82, 2.24) is 0 Å². The Labute approximate surface area is 121 Å². The highest BCUT2D eigenvalue weighted by Crippen LogP contribution is 2.39. The van der Waals surface area contributed by atoms with Crippen LogP contribution in [0, 0.1) is 24.7 Å². The van der Waals surface area contributed by atoms with Gasteiger partial charge in [-0.3, -0.25) is 0 Å². The zero-order valence-corrected chi connectivity index (χ0v) is 12.6. The van der Waals surface area contributed by atoms with Crippen LogP contribution in [0.25, 0.3) is 0 Å². The second kappa shape index (κ2) is 6.17. The summed E-state index contributed by atoms with van der Waals surface area (Å²) < 4.78 is 11.5. The lowest BCUT2D eigenvalue weighted by Crippen LogP contribution is -2.53. The number of aliphatic hydroxyl groups is 1. The van der Waals surface area contributed by atoms with E-state index in [1.165, 1.54) is 0 Å². The zero-order chi connectivity index (χ0) is 14.8. The summed E-state index contributed by atoms with van der Waals surface area (Å²) in [5.41, 5.74) is 1.14. The van der Waals surface area contributed by atoms with Crippen LogP contribution in [-0.2, 0) is 16.1 Å². The average molecular weight is 277 g/mol. The van der Waals surface area contributed by atoms with E-state index in [-0.39, 0.29) is 12.0 Å². The molecule has 0 aliphatic carbocycles. The molecule has 0 bridgehead atoms. The number of benzene rings is 1. The fourth-order valence-electron chi connectivity index (χ4n) is 2.73. The molecule has 5 atom stereocenters. The molecule has 1 N–H and O–H groups in total. The van der Waals surface area contributed by atoms with E-state index < -0.39 is 5.79 Å². The molecule has 0 amide bonds. The summed E-state index contributed by atoms with van der Waals surface area (Å²) in [6.45, 7) is 11.1. The molecule has 1 fully saturated rings. The Balaban J connectivity index is 1.89. The molecule has 1 saturated heterocycles. The van der Waals surface area contributed by atoms with Crippen molar-refractivity contribution in [2.75, 3.05) is 6.61 Å². The normalized spacial score (nSPS) is 37.8. The first-order valence-electron chi connectivity index (χ1n) is 7.29. The van der Waals surface area contributed by atoms with E-state index in [0.717, 1.165) is 5.56 Å². The molecule has 0 radical (unpaired) electrons. The maximum atomic E-state index is 10.2. The van der Waals surface area contributed by atoms with E-state index >= 15 is 0 Å². The largest absolute Gasteiger partial charge is 0.374 e. The Bertz CT molecular complexity index is 416. The van der Waals surface area contributed by atoms with Crippen LogP contribution >= 0.6 is 0 Å². The molecule has 2 unspecified atom stereocenters. The average Bonchev–Trinajstić information content (AvgIpc) is 2.43. The van der Waals surface area contributed by atoms with Crippen molar-refractivity contribution >= 4 is 0 Å². The minimum atomic E-state index is -1.31. The predicted octanol–water partition coefficient (Wildman–Crippen LogP) is 3.03. The minimum absolute atomic E-state index is 0.0165. The maximum absolute atomic E-state index is 10.2. The fourth-order valence-corrected chi connectivity index (χ4v) is 2.73. The summed E-state index contributed by atoms with van der Waals surface area (Å²) in [5.74, 6) is -0.616. The number of rotatable bonds is 4. The molecule has 2 rings (SSSR count). The Morgan fingerprint density at radius 3 is 2.50 bits per heavy atom. The third kappa shape index (κ3) is 3.35. The molecule has 0 aromatic heterocycles. The Hall–Kier alpha value is -1.03. The van der Waals surface area contributed by atoms with Crippen molar-refractivity contribution in [1.29, 1.82) is 0 Å². The number of hydrogen-bond acceptors (Lipinski definition) is 3. The summed E-state index contributed by atoms with van der Waals surface area (Å²) in [6.07, 6.45) is -0.118. The summed E-state index contributed by atoms with van der Waals surface area (Å²) in [6, 6.07) is 10.1. The summed E-state index contributed by atoms with van der Waals surface area (Å²) in [4.78, 5) is 0. The lowest BCUT2D eigenvalue weighted by atomic mass is 9.75. The van der Waals surface area contributed by atoms with Gasteiger partial charge in [-0.2, -0.15) is 0 Å². The second-order valence-corrected chi connectivity index (χ2v) is 6.01. The van der Waals surface area contributed by atoms with E-state index in [9.17, 15) is 5.11 Å². The van der Waals surface area contributed by atoms with E-state index in [2.05, 4.69) is 20.8 Å². The van der Waals surface area contributed by atoms with E-state index in [1.54, 1.807) is 0 Å². The second-order valence-electron chi connectivity index (χ2n) is 6.01. The van der Waals surface area contributed by atoms with Crippen molar-refractivity contribution in [2.45, 2.75) is 39.3 Å². The van der Waals surface area contributed by atoms with Crippen LogP contribution in [0.5, 0.6) is 0 Å². The Morgan fingerprint density at radius 2 is 1.85 bits per heavy atom.